The van der Waals surface area contributed by atoms with Gasteiger partial charge in [-0.3, -0.25) is 9.78 Å². The molecule has 0 fully saturated rings. The molecule has 1 atom stereocenters. The predicted molar refractivity (Wildman–Crippen MR) is 131 cm³/mol. The molecular formula is C27H30F2N4O2. The fraction of sp³-hybridized carbons (Fsp3) is 0.370. The quantitative estimate of drug-likeness (QED) is 0.465. The van der Waals surface area contributed by atoms with Gasteiger partial charge in [0.25, 0.3) is 5.91 Å². The highest BCUT2D eigenvalue weighted by molar-refractivity contribution is 5.99. The molecule has 0 aliphatic carbocycles. The molecule has 35 heavy (non-hydrogen) atoms. The first-order chi connectivity index (χ1) is 16.5. The van der Waals surface area contributed by atoms with Crippen LogP contribution in [0.1, 0.15) is 67.8 Å². The fourth-order valence-corrected chi connectivity index (χ4v) is 4.23. The molecular weight excluding hydrogens is 450 g/mol. The van der Waals surface area contributed by atoms with Crippen molar-refractivity contribution < 1.29 is 18.3 Å². The van der Waals surface area contributed by atoms with E-state index in [2.05, 4.69) is 15.3 Å². The van der Waals surface area contributed by atoms with Crippen LogP contribution >= 0.6 is 0 Å². The molecule has 1 aliphatic heterocycles. The van der Waals surface area contributed by atoms with Gasteiger partial charge in [-0.2, -0.15) is 0 Å². The minimum Gasteiger partial charge on any atom is -0.488 e. The molecule has 1 amide bonds. The van der Waals surface area contributed by atoms with Crippen molar-refractivity contribution in [2.45, 2.75) is 59.7 Å². The van der Waals surface area contributed by atoms with Gasteiger partial charge in [0.05, 0.1) is 18.3 Å². The smallest absolute Gasteiger partial charge is 0.254 e. The number of aromatic nitrogens is 2. The molecule has 0 radical (unpaired) electrons. The summed E-state index contributed by atoms with van der Waals surface area (Å²) in [4.78, 5) is 22.9. The molecule has 1 unspecified atom stereocenters. The van der Waals surface area contributed by atoms with Gasteiger partial charge in [0.15, 0.2) is 0 Å². The van der Waals surface area contributed by atoms with E-state index in [4.69, 9.17) is 4.74 Å². The molecule has 184 valence electrons. The molecule has 1 N–H and O–H groups in total. The van der Waals surface area contributed by atoms with Crippen LogP contribution < -0.4 is 10.1 Å². The molecule has 0 saturated carbocycles. The average Bonchev–Trinajstić information content (AvgIpc) is 3.10. The summed E-state index contributed by atoms with van der Waals surface area (Å²) in [7, 11) is 0. The standard InChI is InChI=1S/C27H30F2N4O2/c1-7-33-14-21-18(26(33)34)8-9-30-25(21)32-16(3)19-12-23(29)20(13-22(19)28)24-11-17(10-15(2)31-24)35-27(4,5)6/h8-13,16H,7,14H2,1-6H3,(H,30,32). The number of carbonyl (C=O) groups is 1. The molecule has 3 aromatic rings. The number of aryl methyl sites for hydroxylation is 1. The Kier molecular flexibility index (Phi) is 6.49. The van der Waals surface area contributed by atoms with Crippen LogP contribution in [0, 0.1) is 18.6 Å². The van der Waals surface area contributed by atoms with Crippen molar-refractivity contribution >= 4 is 11.7 Å². The molecule has 1 aliphatic rings. The lowest BCUT2D eigenvalue weighted by Crippen LogP contribution is -2.23. The first kappa shape index (κ1) is 24.6. The van der Waals surface area contributed by atoms with Crippen molar-refractivity contribution in [1.29, 1.82) is 0 Å². The van der Waals surface area contributed by atoms with E-state index >= 15 is 8.78 Å². The van der Waals surface area contributed by atoms with E-state index in [-0.39, 0.29) is 17.0 Å². The van der Waals surface area contributed by atoms with Gasteiger partial charge in [0.1, 0.15) is 28.8 Å². The SMILES string of the molecule is CCN1Cc2c(ccnc2NC(C)c2cc(F)c(-c3cc(OC(C)(C)C)cc(C)n3)cc2F)C1=O. The minimum atomic E-state index is -0.589. The summed E-state index contributed by atoms with van der Waals surface area (Å²) in [6, 6.07) is 6.82. The van der Waals surface area contributed by atoms with Gasteiger partial charge in [-0.25, -0.2) is 13.8 Å². The summed E-state index contributed by atoms with van der Waals surface area (Å²) < 4.78 is 36.4. The Morgan fingerprint density at radius 1 is 1.14 bits per heavy atom. The molecule has 0 saturated heterocycles. The summed E-state index contributed by atoms with van der Waals surface area (Å²) in [5, 5.41) is 3.16. The van der Waals surface area contributed by atoms with E-state index in [9.17, 15) is 4.79 Å². The van der Waals surface area contributed by atoms with Gasteiger partial charge in [0, 0.05) is 52.8 Å². The van der Waals surface area contributed by atoms with E-state index < -0.39 is 23.3 Å². The highest BCUT2D eigenvalue weighted by atomic mass is 19.1. The second-order valence-electron chi connectivity index (χ2n) is 9.77. The number of amides is 1. The van der Waals surface area contributed by atoms with Crippen molar-refractivity contribution in [1.82, 2.24) is 14.9 Å². The number of anilines is 1. The summed E-state index contributed by atoms with van der Waals surface area (Å²) in [6.07, 6.45) is 1.55. The molecule has 6 nitrogen and oxygen atoms in total. The number of benzene rings is 1. The summed E-state index contributed by atoms with van der Waals surface area (Å²) in [6.45, 7) is 12.2. The zero-order valence-corrected chi connectivity index (χ0v) is 20.9. The maximum atomic E-state index is 15.2. The van der Waals surface area contributed by atoms with Crippen LogP contribution in [0.4, 0.5) is 14.6 Å². The normalized spacial score (nSPS) is 14.2. The third-order valence-corrected chi connectivity index (χ3v) is 5.84. The summed E-state index contributed by atoms with van der Waals surface area (Å²) in [5.41, 5.74) is 2.06. The zero-order chi connectivity index (χ0) is 25.5. The van der Waals surface area contributed by atoms with Gasteiger partial charge < -0.3 is 15.0 Å². The summed E-state index contributed by atoms with van der Waals surface area (Å²) >= 11 is 0. The Morgan fingerprint density at radius 3 is 2.57 bits per heavy atom. The number of pyridine rings is 2. The third kappa shape index (κ3) is 5.11. The van der Waals surface area contributed by atoms with Crippen molar-refractivity contribution in [2.75, 3.05) is 11.9 Å². The van der Waals surface area contributed by atoms with Crippen LogP contribution in [0.25, 0.3) is 11.3 Å². The van der Waals surface area contributed by atoms with E-state index in [0.29, 0.717) is 41.6 Å². The van der Waals surface area contributed by atoms with Crippen molar-refractivity contribution in [3.05, 3.63) is 70.5 Å². The Balaban J connectivity index is 1.63. The Labute approximate surface area is 204 Å². The van der Waals surface area contributed by atoms with E-state index in [1.807, 2.05) is 27.7 Å². The second-order valence-corrected chi connectivity index (χ2v) is 9.77. The predicted octanol–water partition coefficient (Wildman–Crippen LogP) is 6.06. The maximum absolute atomic E-state index is 15.2. The average molecular weight is 481 g/mol. The van der Waals surface area contributed by atoms with Crippen molar-refractivity contribution in [3.63, 3.8) is 0 Å². The van der Waals surface area contributed by atoms with Crippen LogP contribution in [0.15, 0.2) is 36.5 Å². The van der Waals surface area contributed by atoms with Crippen LogP contribution in [0.5, 0.6) is 5.75 Å². The molecule has 2 aromatic heterocycles. The number of rotatable bonds is 6. The number of nitrogens with zero attached hydrogens (tertiary/aromatic N) is 3. The molecule has 0 bridgehead atoms. The van der Waals surface area contributed by atoms with Gasteiger partial charge in [0.2, 0.25) is 0 Å². The largest absolute Gasteiger partial charge is 0.488 e. The van der Waals surface area contributed by atoms with Crippen molar-refractivity contribution in [2.24, 2.45) is 0 Å². The van der Waals surface area contributed by atoms with Crippen LogP contribution in [-0.2, 0) is 6.54 Å². The minimum absolute atomic E-state index is 0.0531. The van der Waals surface area contributed by atoms with Gasteiger partial charge >= 0.3 is 0 Å². The Morgan fingerprint density at radius 2 is 1.89 bits per heavy atom. The highest BCUT2D eigenvalue weighted by Crippen LogP contribution is 2.33. The molecule has 1 aromatic carbocycles. The Bertz CT molecular complexity index is 1290. The van der Waals surface area contributed by atoms with E-state index in [1.165, 1.54) is 6.07 Å². The zero-order valence-electron chi connectivity index (χ0n) is 20.9. The third-order valence-electron chi connectivity index (χ3n) is 5.84. The summed E-state index contributed by atoms with van der Waals surface area (Å²) in [5.74, 6) is -0.177. The van der Waals surface area contributed by atoms with Crippen LogP contribution in [0.2, 0.25) is 0 Å². The number of fused-ring (bicyclic) bond motifs is 1. The molecule has 4 rings (SSSR count). The maximum Gasteiger partial charge on any atom is 0.254 e. The first-order valence-corrected chi connectivity index (χ1v) is 11.7. The molecule has 3 heterocycles. The lowest BCUT2D eigenvalue weighted by atomic mass is 10.0. The van der Waals surface area contributed by atoms with E-state index in [0.717, 1.165) is 11.6 Å². The van der Waals surface area contributed by atoms with Crippen molar-refractivity contribution in [3.8, 4) is 17.0 Å². The lowest BCUT2D eigenvalue weighted by Gasteiger charge is -2.22. The number of nitrogens with one attached hydrogen (secondary N) is 1. The monoisotopic (exact) mass is 480 g/mol. The van der Waals surface area contributed by atoms with Gasteiger partial charge in [-0.05, 0) is 59.7 Å². The highest BCUT2D eigenvalue weighted by Gasteiger charge is 2.29. The molecule has 8 heteroatoms. The molecule has 0 spiro atoms. The lowest BCUT2D eigenvalue weighted by molar-refractivity contribution is 0.0787. The number of hydrogen-bond acceptors (Lipinski definition) is 5. The fourth-order valence-electron chi connectivity index (χ4n) is 4.23. The van der Waals surface area contributed by atoms with E-state index in [1.54, 1.807) is 43.1 Å². The van der Waals surface area contributed by atoms with Crippen LogP contribution in [0.3, 0.4) is 0 Å². The second kappa shape index (κ2) is 9.24. The Hall–Kier alpha value is -3.55. The number of carbonyl (C=O) groups excluding carboxylic acids is 1. The van der Waals surface area contributed by atoms with Crippen LogP contribution in [-0.4, -0.2) is 32.9 Å². The van der Waals surface area contributed by atoms with Gasteiger partial charge in [-0.1, -0.05) is 0 Å². The number of hydrogen-bond donors (Lipinski definition) is 1. The number of ether oxygens (including phenoxy) is 1. The van der Waals surface area contributed by atoms with Gasteiger partial charge in [-0.15, -0.1) is 0 Å². The first-order valence-electron chi connectivity index (χ1n) is 11.7. The number of halogens is 2. The topological polar surface area (TPSA) is 67.3 Å².